The largest absolute Gasteiger partial charge is 0.342 e. The van der Waals surface area contributed by atoms with Crippen LogP contribution in [0.4, 0.5) is 0 Å². The van der Waals surface area contributed by atoms with Crippen molar-refractivity contribution in [2.24, 2.45) is 4.99 Å². The van der Waals surface area contributed by atoms with Crippen LogP contribution in [0.5, 0.6) is 0 Å². The van der Waals surface area contributed by atoms with E-state index in [0.717, 1.165) is 5.84 Å². The monoisotopic (exact) mass is 164 g/mol. The van der Waals surface area contributed by atoms with Crippen molar-refractivity contribution in [2.75, 3.05) is 14.1 Å². The first-order chi connectivity index (χ1) is 5.81. The molecule has 0 saturated heterocycles. The summed E-state index contributed by atoms with van der Waals surface area (Å²) in [5.41, 5.74) is 0. The van der Waals surface area contributed by atoms with Gasteiger partial charge in [0.1, 0.15) is 5.84 Å². The molecule has 0 bridgehead atoms. The van der Waals surface area contributed by atoms with Crippen molar-refractivity contribution in [1.82, 2.24) is 15.1 Å². The van der Waals surface area contributed by atoms with Crippen molar-refractivity contribution in [3.63, 3.8) is 0 Å². The van der Waals surface area contributed by atoms with Gasteiger partial charge in [-0.2, -0.15) is 0 Å². The number of aliphatic imine (C=N–C) groups is 1. The number of nitrogens with one attached hydrogen (secondary N) is 1. The van der Waals surface area contributed by atoms with Crippen molar-refractivity contribution >= 4 is 5.84 Å². The van der Waals surface area contributed by atoms with Crippen LogP contribution in [0.15, 0.2) is 29.7 Å². The fourth-order valence-electron chi connectivity index (χ4n) is 1.34. The smallest absolute Gasteiger partial charge is 0.182 e. The standard InChI is InChI=1S/C8H12N4/c1-9-7-3-4-12-6-5-11(2)8(12)10-7/h3-6,8H,1-2H3,(H,9,10). The average Bonchev–Trinajstić information content (AvgIpc) is 2.47. The molecule has 1 unspecified atom stereocenters. The third-order valence-electron chi connectivity index (χ3n) is 2.06. The maximum absolute atomic E-state index is 4.08. The van der Waals surface area contributed by atoms with E-state index in [2.05, 4.69) is 20.1 Å². The quantitative estimate of drug-likeness (QED) is 0.552. The topological polar surface area (TPSA) is 30.9 Å². The van der Waals surface area contributed by atoms with Crippen LogP contribution >= 0.6 is 0 Å². The molecule has 0 aromatic heterocycles. The minimum absolute atomic E-state index is 0.202. The van der Waals surface area contributed by atoms with Gasteiger partial charge in [0.05, 0.1) is 0 Å². The highest BCUT2D eigenvalue weighted by Gasteiger charge is 2.24. The summed E-state index contributed by atoms with van der Waals surface area (Å²) in [7, 11) is 3.81. The number of hydrogen-bond donors (Lipinski definition) is 1. The highest BCUT2D eigenvalue weighted by molar-refractivity contribution is 5.93. The summed E-state index contributed by atoms with van der Waals surface area (Å²) in [6.45, 7) is 0. The van der Waals surface area contributed by atoms with Gasteiger partial charge < -0.3 is 15.1 Å². The Kier molecular flexibility index (Phi) is 1.53. The normalized spacial score (nSPS) is 29.5. The third kappa shape index (κ3) is 0.958. The summed E-state index contributed by atoms with van der Waals surface area (Å²) in [6, 6.07) is 0. The van der Waals surface area contributed by atoms with Gasteiger partial charge >= 0.3 is 0 Å². The molecule has 2 aliphatic heterocycles. The van der Waals surface area contributed by atoms with Crippen molar-refractivity contribution in [3.05, 3.63) is 24.7 Å². The summed E-state index contributed by atoms with van der Waals surface area (Å²) >= 11 is 0. The maximum Gasteiger partial charge on any atom is 0.182 e. The molecule has 0 aromatic rings. The summed E-state index contributed by atoms with van der Waals surface area (Å²) in [5, 5.41) is 3.27. The van der Waals surface area contributed by atoms with Gasteiger partial charge in [-0.05, 0) is 6.08 Å². The lowest BCUT2D eigenvalue weighted by atomic mass is 10.4. The highest BCUT2D eigenvalue weighted by atomic mass is 15.5. The van der Waals surface area contributed by atoms with E-state index >= 15 is 0 Å². The molecule has 2 aliphatic rings. The fraction of sp³-hybridized carbons (Fsp3) is 0.375. The molecular weight excluding hydrogens is 152 g/mol. The van der Waals surface area contributed by atoms with Gasteiger partial charge in [0.25, 0.3) is 0 Å². The predicted molar refractivity (Wildman–Crippen MR) is 48.2 cm³/mol. The lowest BCUT2D eigenvalue weighted by Crippen LogP contribution is -2.50. The Morgan fingerprint density at radius 2 is 2.25 bits per heavy atom. The zero-order valence-corrected chi connectivity index (χ0v) is 7.23. The van der Waals surface area contributed by atoms with Crippen LogP contribution in [0.25, 0.3) is 0 Å². The number of amidine groups is 1. The highest BCUT2D eigenvalue weighted by Crippen LogP contribution is 2.14. The molecule has 0 radical (unpaired) electrons. The third-order valence-corrected chi connectivity index (χ3v) is 2.06. The summed E-state index contributed by atoms with van der Waals surface area (Å²) < 4.78 is 0. The van der Waals surface area contributed by atoms with E-state index < -0.39 is 0 Å². The Hall–Kier alpha value is -1.45. The second kappa shape index (κ2) is 2.55. The van der Waals surface area contributed by atoms with Gasteiger partial charge in [0, 0.05) is 32.7 Å². The molecule has 2 heterocycles. The van der Waals surface area contributed by atoms with Crippen molar-refractivity contribution in [2.45, 2.75) is 6.29 Å². The molecule has 4 heteroatoms. The lowest BCUT2D eigenvalue weighted by Gasteiger charge is -2.32. The molecular formula is C8H12N4. The van der Waals surface area contributed by atoms with E-state index in [-0.39, 0.29) is 6.29 Å². The molecule has 1 N–H and O–H groups in total. The van der Waals surface area contributed by atoms with Gasteiger partial charge in [-0.25, -0.2) is 0 Å². The van der Waals surface area contributed by atoms with Gasteiger partial charge in [0.15, 0.2) is 6.29 Å². The first-order valence-corrected chi connectivity index (χ1v) is 3.90. The molecule has 0 aromatic carbocycles. The molecule has 12 heavy (non-hydrogen) atoms. The van der Waals surface area contributed by atoms with E-state index in [9.17, 15) is 0 Å². The Labute approximate surface area is 71.9 Å². The Morgan fingerprint density at radius 1 is 1.42 bits per heavy atom. The van der Waals surface area contributed by atoms with Crippen LogP contribution in [0.1, 0.15) is 0 Å². The predicted octanol–water partition coefficient (Wildman–Crippen LogP) is 0.134. The molecule has 0 amide bonds. The van der Waals surface area contributed by atoms with Crippen molar-refractivity contribution in [3.8, 4) is 0 Å². The average molecular weight is 164 g/mol. The van der Waals surface area contributed by atoms with E-state index in [1.54, 1.807) is 7.05 Å². The molecule has 0 fully saturated rings. The maximum atomic E-state index is 4.08. The zero-order chi connectivity index (χ0) is 8.55. The van der Waals surface area contributed by atoms with Gasteiger partial charge in [0.2, 0.25) is 0 Å². The Balaban J connectivity index is 2.21. The molecule has 64 valence electrons. The van der Waals surface area contributed by atoms with Crippen molar-refractivity contribution < 1.29 is 0 Å². The Morgan fingerprint density at radius 3 is 3.00 bits per heavy atom. The van der Waals surface area contributed by atoms with Gasteiger partial charge in [-0.3, -0.25) is 4.99 Å². The minimum Gasteiger partial charge on any atom is -0.342 e. The zero-order valence-electron chi connectivity index (χ0n) is 7.23. The van der Waals surface area contributed by atoms with Gasteiger partial charge in [-0.1, -0.05) is 0 Å². The van der Waals surface area contributed by atoms with E-state index in [0.29, 0.717) is 0 Å². The molecule has 0 spiro atoms. The fourth-order valence-corrected chi connectivity index (χ4v) is 1.34. The summed E-state index contributed by atoms with van der Waals surface area (Å²) in [6.07, 6.45) is 8.23. The number of nitrogens with zero attached hydrogens (tertiary/aromatic N) is 3. The summed E-state index contributed by atoms with van der Waals surface area (Å²) in [5.74, 6) is 0.923. The van der Waals surface area contributed by atoms with E-state index in [1.165, 1.54) is 0 Å². The second-order valence-corrected chi connectivity index (χ2v) is 2.85. The summed E-state index contributed by atoms with van der Waals surface area (Å²) in [4.78, 5) is 8.26. The first-order valence-electron chi connectivity index (χ1n) is 3.90. The first kappa shape index (κ1) is 7.21. The molecule has 1 atom stereocenters. The van der Waals surface area contributed by atoms with Crippen LogP contribution in [0, 0.1) is 0 Å². The molecule has 4 nitrogen and oxygen atoms in total. The number of hydrogen-bond acceptors (Lipinski definition) is 3. The molecule has 0 aliphatic carbocycles. The van der Waals surface area contributed by atoms with Crippen LogP contribution in [0.2, 0.25) is 0 Å². The number of fused-ring (bicyclic) bond motifs is 1. The molecule has 2 rings (SSSR count). The van der Waals surface area contributed by atoms with Crippen LogP contribution < -0.4 is 5.32 Å². The van der Waals surface area contributed by atoms with Crippen LogP contribution in [-0.2, 0) is 0 Å². The van der Waals surface area contributed by atoms with Gasteiger partial charge in [-0.15, -0.1) is 0 Å². The van der Waals surface area contributed by atoms with E-state index in [1.807, 2.05) is 31.7 Å². The minimum atomic E-state index is 0.202. The van der Waals surface area contributed by atoms with Crippen LogP contribution in [-0.4, -0.2) is 36.0 Å². The number of rotatable bonds is 0. The SMILES string of the molecule is CN=C1C=CN2C=CN(C)C2N1. The van der Waals surface area contributed by atoms with E-state index in [4.69, 9.17) is 0 Å². The Bertz CT molecular complexity index is 266. The lowest BCUT2D eigenvalue weighted by molar-refractivity contribution is 0.202. The molecule has 0 saturated carbocycles. The van der Waals surface area contributed by atoms with Crippen molar-refractivity contribution in [1.29, 1.82) is 0 Å². The van der Waals surface area contributed by atoms with Crippen LogP contribution in [0.3, 0.4) is 0 Å². The second-order valence-electron chi connectivity index (χ2n) is 2.85.